The predicted molar refractivity (Wildman–Crippen MR) is 138 cm³/mol. The van der Waals surface area contributed by atoms with Crippen LogP contribution in [0.1, 0.15) is 79.1 Å². The summed E-state index contributed by atoms with van der Waals surface area (Å²) in [4.78, 5) is 24.1. The molecule has 6 rings (SSSR count). The second-order valence-electron chi connectivity index (χ2n) is 13.3. The van der Waals surface area contributed by atoms with Gasteiger partial charge < -0.3 is 9.75 Å². The SMILES string of the molecule is CCOC(=O)[C@]1(C)CCC[C@@]2(C)C3CC[C@]4(C)C[C@]3(CCC21)[C@@H]1CN(c2ccc([N+](=O)[O-])cc2)NC14. The highest BCUT2D eigenvalue weighted by Crippen LogP contribution is 2.76. The van der Waals surface area contributed by atoms with E-state index in [9.17, 15) is 14.9 Å². The van der Waals surface area contributed by atoms with Crippen molar-refractivity contribution in [2.75, 3.05) is 18.2 Å². The van der Waals surface area contributed by atoms with Crippen molar-refractivity contribution in [3.8, 4) is 0 Å². The van der Waals surface area contributed by atoms with Gasteiger partial charge >= 0.3 is 5.97 Å². The highest BCUT2D eigenvalue weighted by molar-refractivity contribution is 5.77. The Morgan fingerprint density at radius 2 is 1.83 bits per heavy atom. The minimum absolute atomic E-state index is 0.0219. The van der Waals surface area contributed by atoms with Gasteiger partial charge in [-0.15, -0.1) is 0 Å². The van der Waals surface area contributed by atoms with Crippen LogP contribution in [0.4, 0.5) is 11.4 Å². The minimum atomic E-state index is -0.373. The summed E-state index contributed by atoms with van der Waals surface area (Å²) < 4.78 is 5.65. The van der Waals surface area contributed by atoms with Gasteiger partial charge in [-0.05, 0) is 99.0 Å². The molecule has 2 bridgehead atoms. The second-order valence-corrected chi connectivity index (χ2v) is 13.3. The molecule has 1 heterocycles. The first-order chi connectivity index (χ1) is 17.1. The molecule has 1 spiro atoms. The number of ether oxygens (including phenoxy) is 1. The van der Waals surface area contributed by atoms with Crippen molar-refractivity contribution in [1.29, 1.82) is 0 Å². The normalized spacial score (nSPS) is 44.9. The van der Waals surface area contributed by atoms with Crippen LogP contribution in [0.15, 0.2) is 24.3 Å². The van der Waals surface area contributed by atoms with E-state index in [1.165, 1.54) is 32.1 Å². The van der Waals surface area contributed by atoms with Gasteiger partial charge in [-0.3, -0.25) is 14.9 Å². The standard InChI is InChI=1S/C29H41N3O4/c1-5-36-25(33)28(4)14-6-13-27(3)22(28)12-16-29-18-26(2,15-11-23(27)29)24-21(29)17-31(30-24)19-7-9-20(10-8-19)32(34)35/h7-10,21-24,30H,5-6,11-18H2,1-4H3/t21-,22?,23?,24?,26-,27-,28-,29-/m1/s1. The average Bonchev–Trinajstić information content (AvgIpc) is 3.36. The molecule has 8 atom stereocenters. The molecule has 196 valence electrons. The lowest BCUT2D eigenvalue weighted by Gasteiger charge is -2.65. The number of anilines is 1. The van der Waals surface area contributed by atoms with Crippen LogP contribution in [-0.4, -0.2) is 30.1 Å². The molecule has 1 aliphatic heterocycles. The molecule has 4 aliphatic carbocycles. The fourth-order valence-corrected chi connectivity index (χ4v) is 10.4. The maximum atomic E-state index is 13.3. The number of fused-ring (bicyclic) bond motifs is 5. The van der Waals surface area contributed by atoms with Crippen LogP contribution >= 0.6 is 0 Å². The van der Waals surface area contributed by atoms with Gasteiger partial charge in [0.25, 0.3) is 5.69 Å². The first-order valence-corrected chi connectivity index (χ1v) is 14.0. The van der Waals surface area contributed by atoms with Crippen LogP contribution in [0.2, 0.25) is 0 Å². The van der Waals surface area contributed by atoms with Gasteiger partial charge in [0.15, 0.2) is 0 Å². The molecule has 0 aromatic heterocycles. The van der Waals surface area contributed by atoms with E-state index < -0.39 is 0 Å². The van der Waals surface area contributed by atoms with Crippen LogP contribution in [0.3, 0.4) is 0 Å². The largest absolute Gasteiger partial charge is 0.466 e. The van der Waals surface area contributed by atoms with Gasteiger partial charge in [0.1, 0.15) is 0 Å². The van der Waals surface area contributed by atoms with Crippen molar-refractivity contribution in [2.24, 2.45) is 39.4 Å². The van der Waals surface area contributed by atoms with Crippen LogP contribution < -0.4 is 10.4 Å². The summed E-state index contributed by atoms with van der Waals surface area (Å²) >= 11 is 0. The third kappa shape index (κ3) is 3.10. The zero-order valence-electron chi connectivity index (χ0n) is 22.2. The number of esters is 1. The van der Waals surface area contributed by atoms with E-state index in [4.69, 9.17) is 4.74 Å². The molecule has 1 saturated heterocycles. The lowest BCUT2D eigenvalue weighted by molar-refractivity contribution is -0.384. The van der Waals surface area contributed by atoms with Gasteiger partial charge in [-0.25, -0.2) is 5.43 Å². The first kappa shape index (κ1) is 24.2. The maximum absolute atomic E-state index is 13.3. The molecular weight excluding hydrogens is 454 g/mol. The molecule has 5 fully saturated rings. The number of non-ortho nitro benzene ring substituents is 1. The van der Waals surface area contributed by atoms with Crippen LogP contribution in [0, 0.1) is 49.5 Å². The van der Waals surface area contributed by atoms with E-state index in [1.54, 1.807) is 12.1 Å². The quantitative estimate of drug-likeness (QED) is 0.319. The zero-order chi connectivity index (χ0) is 25.5. The number of hydrazine groups is 1. The third-order valence-electron chi connectivity index (χ3n) is 11.8. The number of hydrogen-bond acceptors (Lipinski definition) is 6. The Morgan fingerprint density at radius 3 is 2.53 bits per heavy atom. The Bertz CT molecular complexity index is 1080. The van der Waals surface area contributed by atoms with Gasteiger partial charge in [0.05, 0.1) is 22.6 Å². The van der Waals surface area contributed by atoms with E-state index in [1.807, 2.05) is 19.1 Å². The Labute approximate surface area is 214 Å². The number of carbonyl (C=O) groups excluding carboxylic acids is 1. The number of carbonyl (C=O) groups is 1. The molecule has 4 saturated carbocycles. The lowest BCUT2D eigenvalue weighted by Crippen LogP contribution is -2.60. The summed E-state index contributed by atoms with van der Waals surface area (Å²) in [5, 5.41) is 13.4. The van der Waals surface area contributed by atoms with Crippen molar-refractivity contribution in [3.63, 3.8) is 0 Å². The van der Waals surface area contributed by atoms with E-state index in [0.29, 0.717) is 35.8 Å². The number of nitro benzene ring substituents is 1. The van der Waals surface area contributed by atoms with Gasteiger partial charge in [0, 0.05) is 30.6 Å². The number of rotatable bonds is 4. The number of nitro groups is 1. The summed E-state index contributed by atoms with van der Waals surface area (Å²) in [6.45, 7) is 10.5. The molecular formula is C29H41N3O4. The molecule has 0 radical (unpaired) electrons. The molecule has 1 aromatic rings. The second kappa shape index (κ2) is 7.92. The van der Waals surface area contributed by atoms with Crippen molar-refractivity contribution >= 4 is 17.3 Å². The topological polar surface area (TPSA) is 84.7 Å². The molecule has 1 aromatic carbocycles. The monoisotopic (exact) mass is 495 g/mol. The highest BCUT2D eigenvalue weighted by atomic mass is 16.6. The summed E-state index contributed by atoms with van der Waals surface area (Å²) in [5.41, 5.74) is 5.37. The Balaban J connectivity index is 1.32. The Kier molecular flexibility index (Phi) is 5.33. The number of benzene rings is 1. The molecule has 7 nitrogen and oxygen atoms in total. The summed E-state index contributed by atoms with van der Waals surface area (Å²) in [7, 11) is 0. The maximum Gasteiger partial charge on any atom is 0.312 e. The van der Waals surface area contributed by atoms with E-state index in [-0.39, 0.29) is 32.8 Å². The number of nitrogens with one attached hydrogen (secondary N) is 1. The van der Waals surface area contributed by atoms with Crippen molar-refractivity contribution in [1.82, 2.24) is 5.43 Å². The van der Waals surface area contributed by atoms with Gasteiger partial charge in [0.2, 0.25) is 0 Å². The van der Waals surface area contributed by atoms with E-state index in [2.05, 4.69) is 31.2 Å². The Hall–Kier alpha value is -2.15. The van der Waals surface area contributed by atoms with E-state index in [0.717, 1.165) is 31.5 Å². The third-order valence-corrected chi connectivity index (χ3v) is 11.8. The van der Waals surface area contributed by atoms with Gasteiger partial charge in [-0.1, -0.05) is 20.3 Å². The molecule has 3 unspecified atom stereocenters. The van der Waals surface area contributed by atoms with Crippen LogP contribution in [0.5, 0.6) is 0 Å². The van der Waals surface area contributed by atoms with Crippen LogP contribution in [-0.2, 0) is 9.53 Å². The van der Waals surface area contributed by atoms with Crippen molar-refractivity contribution in [3.05, 3.63) is 34.4 Å². The highest BCUT2D eigenvalue weighted by Gasteiger charge is 2.72. The smallest absolute Gasteiger partial charge is 0.312 e. The summed E-state index contributed by atoms with van der Waals surface area (Å²) in [6.07, 6.45) is 9.33. The van der Waals surface area contributed by atoms with Crippen molar-refractivity contribution < 1.29 is 14.5 Å². The lowest BCUT2D eigenvalue weighted by atomic mass is 9.39. The van der Waals surface area contributed by atoms with Crippen molar-refractivity contribution in [2.45, 2.75) is 85.1 Å². The number of hydrogen-bond donors (Lipinski definition) is 1. The predicted octanol–water partition coefficient (Wildman–Crippen LogP) is 5.88. The molecule has 7 heteroatoms. The van der Waals surface area contributed by atoms with Crippen LogP contribution in [0.25, 0.3) is 0 Å². The summed E-state index contributed by atoms with van der Waals surface area (Å²) in [6, 6.07) is 7.41. The molecule has 0 amide bonds. The summed E-state index contributed by atoms with van der Waals surface area (Å²) in [5.74, 6) is 1.59. The Morgan fingerprint density at radius 1 is 1.11 bits per heavy atom. The first-order valence-electron chi connectivity index (χ1n) is 14.0. The number of nitrogens with zero attached hydrogens (tertiary/aromatic N) is 2. The fourth-order valence-electron chi connectivity index (χ4n) is 10.4. The fraction of sp³-hybridized carbons (Fsp3) is 0.759. The van der Waals surface area contributed by atoms with Gasteiger partial charge in [-0.2, -0.15) is 0 Å². The zero-order valence-corrected chi connectivity index (χ0v) is 22.2. The average molecular weight is 496 g/mol. The molecule has 1 N–H and O–H groups in total. The van der Waals surface area contributed by atoms with E-state index >= 15 is 0 Å². The minimum Gasteiger partial charge on any atom is -0.466 e. The molecule has 5 aliphatic rings. The molecule has 36 heavy (non-hydrogen) atoms.